The Bertz CT molecular complexity index is 808. The SMILES string of the molecule is Cc1cccc(C)c1NC(=O)/C(C#N)=C/c1ccc(OC(C)C)cc1. The molecule has 0 atom stereocenters. The van der Waals surface area contributed by atoms with Crippen LogP contribution in [0.2, 0.25) is 0 Å². The van der Waals surface area contributed by atoms with E-state index < -0.39 is 5.91 Å². The molecule has 2 aromatic carbocycles. The smallest absolute Gasteiger partial charge is 0.266 e. The van der Waals surface area contributed by atoms with Crippen molar-refractivity contribution in [3.05, 3.63) is 64.7 Å². The number of rotatable bonds is 5. The van der Waals surface area contributed by atoms with Crippen LogP contribution < -0.4 is 10.1 Å². The van der Waals surface area contributed by atoms with Crippen molar-refractivity contribution in [3.8, 4) is 11.8 Å². The first kappa shape index (κ1) is 18.3. The fraction of sp³-hybridized carbons (Fsp3) is 0.238. The third-order valence-corrected chi connectivity index (χ3v) is 3.65. The van der Waals surface area contributed by atoms with Crippen LogP contribution in [0, 0.1) is 25.2 Å². The Hall–Kier alpha value is -3.06. The molecule has 0 saturated carbocycles. The average Bonchev–Trinajstić information content (AvgIpc) is 2.57. The lowest BCUT2D eigenvalue weighted by molar-refractivity contribution is -0.112. The van der Waals surface area contributed by atoms with Gasteiger partial charge in [-0.25, -0.2) is 0 Å². The molecular formula is C21H22N2O2. The van der Waals surface area contributed by atoms with Crippen LogP contribution in [0.3, 0.4) is 0 Å². The van der Waals surface area contributed by atoms with Gasteiger partial charge in [-0.15, -0.1) is 0 Å². The van der Waals surface area contributed by atoms with Crippen molar-refractivity contribution in [1.82, 2.24) is 0 Å². The minimum Gasteiger partial charge on any atom is -0.491 e. The van der Waals surface area contributed by atoms with E-state index in [4.69, 9.17) is 4.74 Å². The lowest BCUT2D eigenvalue weighted by Gasteiger charge is -2.11. The number of nitrogens with one attached hydrogen (secondary N) is 1. The number of hydrogen-bond donors (Lipinski definition) is 1. The van der Waals surface area contributed by atoms with Gasteiger partial charge in [0.15, 0.2) is 0 Å². The number of benzene rings is 2. The van der Waals surface area contributed by atoms with Gasteiger partial charge in [0.1, 0.15) is 17.4 Å². The Morgan fingerprint density at radius 2 is 1.72 bits per heavy atom. The molecule has 4 nitrogen and oxygen atoms in total. The fourth-order valence-electron chi connectivity index (χ4n) is 2.42. The summed E-state index contributed by atoms with van der Waals surface area (Å²) in [6, 6.07) is 15.0. The molecule has 0 saturated heterocycles. The van der Waals surface area contributed by atoms with Gasteiger partial charge in [-0.1, -0.05) is 30.3 Å². The van der Waals surface area contributed by atoms with E-state index >= 15 is 0 Å². The number of anilines is 1. The van der Waals surface area contributed by atoms with E-state index in [0.29, 0.717) is 0 Å². The summed E-state index contributed by atoms with van der Waals surface area (Å²) in [5.74, 6) is 0.341. The van der Waals surface area contributed by atoms with Crippen LogP contribution in [0.15, 0.2) is 48.0 Å². The Labute approximate surface area is 148 Å². The molecular weight excluding hydrogens is 312 g/mol. The first-order valence-electron chi connectivity index (χ1n) is 8.16. The van der Waals surface area contributed by atoms with Gasteiger partial charge in [0, 0.05) is 5.69 Å². The van der Waals surface area contributed by atoms with E-state index in [1.54, 1.807) is 6.08 Å². The second-order valence-corrected chi connectivity index (χ2v) is 6.13. The maximum atomic E-state index is 12.4. The van der Waals surface area contributed by atoms with Crippen molar-refractivity contribution in [2.45, 2.75) is 33.8 Å². The number of para-hydroxylation sites is 1. The van der Waals surface area contributed by atoms with Gasteiger partial charge < -0.3 is 10.1 Å². The summed E-state index contributed by atoms with van der Waals surface area (Å²) >= 11 is 0. The van der Waals surface area contributed by atoms with Gasteiger partial charge in [-0.05, 0) is 62.6 Å². The van der Waals surface area contributed by atoms with Crippen molar-refractivity contribution in [2.75, 3.05) is 5.32 Å². The highest BCUT2D eigenvalue weighted by atomic mass is 16.5. The van der Waals surface area contributed by atoms with Crippen molar-refractivity contribution >= 4 is 17.7 Å². The summed E-state index contributed by atoms with van der Waals surface area (Å²) in [5, 5.41) is 12.2. The second-order valence-electron chi connectivity index (χ2n) is 6.13. The van der Waals surface area contributed by atoms with Crippen LogP contribution in [0.5, 0.6) is 5.75 Å². The van der Waals surface area contributed by atoms with Crippen LogP contribution in [0.4, 0.5) is 5.69 Å². The molecule has 0 heterocycles. The fourth-order valence-corrected chi connectivity index (χ4v) is 2.42. The average molecular weight is 334 g/mol. The molecule has 4 heteroatoms. The molecule has 2 rings (SSSR count). The minimum atomic E-state index is -0.414. The predicted molar refractivity (Wildman–Crippen MR) is 100 cm³/mol. The van der Waals surface area contributed by atoms with Gasteiger partial charge in [-0.2, -0.15) is 5.26 Å². The summed E-state index contributed by atoms with van der Waals surface area (Å²) in [5.41, 5.74) is 3.49. The summed E-state index contributed by atoms with van der Waals surface area (Å²) in [6.45, 7) is 7.76. The van der Waals surface area contributed by atoms with Crippen LogP contribution >= 0.6 is 0 Å². The monoisotopic (exact) mass is 334 g/mol. The predicted octanol–water partition coefficient (Wildman–Crippen LogP) is 4.64. The van der Waals surface area contributed by atoms with Crippen LogP contribution in [0.25, 0.3) is 6.08 Å². The van der Waals surface area contributed by atoms with E-state index in [1.807, 2.05) is 76.2 Å². The van der Waals surface area contributed by atoms with Gasteiger partial charge in [0.2, 0.25) is 0 Å². The number of nitriles is 1. The molecule has 0 radical (unpaired) electrons. The van der Waals surface area contributed by atoms with E-state index in [-0.39, 0.29) is 11.7 Å². The summed E-state index contributed by atoms with van der Waals surface area (Å²) in [4.78, 5) is 12.4. The molecule has 1 amide bonds. The first-order chi connectivity index (χ1) is 11.9. The summed E-state index contributed by atoms with van der Waals surface area (Å²) in [6.07, 6.45) is 1.67. The lowest BCUT2D eigenvalue weighted by atomic mass is 10.1. The van der Waals surface area contributed by atoms with Gasteiger partial charge >= 0.3 is 0 Å². The van der Waals surface area contributed by atoms with Crippen LogP contribution in [-0.4, -0.2) is 12.0 Å². The summed E-state index contributed by atoms with van der Waals surface area (Å²) in [7, 11) is 0. The van der Waals surface area contributed by atoms with Gasteiger partial charge in [0.25, 0.3) is 5.91 Å². The zero-order valence-corrected chi connectivity index (χ0v) is 15.0. The van der Waals surface area contributed by atoms with Gasteiger partial charge in [-0.3, -0.25) is 4.79 Å². The van der Waals surface area contributed by atoms with E-state index in [1.165, 1.54) is 0 Å². The molecule has 0 aliphatic carbocycles. The van der Waals surface area contributed by atoms with Crippen LogP contribution in [0.1, 0.15) is 30.5 Å². The second kappa shape index (κ2) is 8.16. The van der Waals surface area contributed by atoms with Crippen molar-refractivity contribution < 1.29 is 9.53 Å². The molecule has 0 aliphatic rings. The van der Waals surface area contributed by atoms with E-state index in [2.05, 4.69) is 5.32 Å². The van der Waals surface area contributed by atoms with E-state index in [9.17, 15) is 10.1 Å². The first-order valence-corrected chi connectivity index (χ1v) is 8.16. The molecule has 0 aromatic heterocycles. The third kappa shape index (κ3) is 4.95. The lowest BCUT2D eigenvalue weighted by Crippen LogP contribution is -2.15. The zero-order chi connectivity index (χ0) is 18.4. The van der Waals surface area contributed by atoms with Crippen molar-refractivity contribution in [2.24, 2.45) is 0 Å². The molecule has 25 heavy (non-hydrogen) atoms. The molecule has 128 valence electrons. The normalized spacial score (nSPS) is 11.1. The molecule has 2 aromatic rings. The highest BCUT2D eigenvalue weighted by molar-refractivity contribution is 6.10. The number of carbonyl (C=O) groups excluding carboxylic acids is 1. The molecule has 0 spiro atoms. The Morgan fingerprint density at radius 3 is 2.24 bits per heavy atom. The molecule has 0 bridgehead atoms. The van der Waals surface area contributed by atoms with Crippen LogP contribution in [-0.2, 0) is 4.79 Å². The van der Waals surface area contributed by atoms with Crippen molar-refractivity contribution in [3.63, 3.8) is 0 Å². The Kier molecular flexibility index (Phi) is 5.97. The third-order valence-electron chi connectivity index (χ3n) is 3.65. The Balaban J connectivity index is 2.19. The number of hydrogen-bond acceptors (Lipinski definition) is 3. The topological polar surface area (TPSA) is 62.1 Å². The summed E-state index contributed by atoms with van der Waals surface area (Å²) < 4.78 is 5.59. The molecule has 1 N–H and O–H groups in total. The number of nitrogens with zero attached hydrogens (tertiary/aromatic N) is 1. The Morgan fingerprint density at radius 1 is 1.12 bits per heavy atom. The molecule has 0 aliphatic heterocycles. The number of ether oxygens (including phenoxy) is 1. The minimum absolute atomic E-state index is 0.0557. The number of aryl methyl sites for hydroxylation is 2. The molecule has 0 fully saturated rings. The maximum Gasteiger partial charge on any atom is 0.266 e. The van der Waals surface area contributed by atoms with E-state index in [0.717, 1.165) is 28.1 Å². The van der Waals surface area contributed by atoms with Crippen molar-refractivity contribution in [1.29, 1.82) is 5.26 Å². The standard InChI is InChI=1S/C21H22N2O2/c1-14(2)25-19-10-8-17(9-11-19)12-18(13-22)21(24)23-20-15(3)6-5-7-16(20)4/h5-12,14H,1-4H3,(H,23,24)/b18-12+. The number of carbonyl (C=O) groups is 1. The highest BCUT2D eigenvalue weighted by Crippen LogP contribution is 2.21. The molecule has 0 unspecified atom stereocenters. The zero-order valence-electron chi connectivity index (χ0n) is 15.0. The largest absolute Gasteiger partial charge is 0.491 e. The quantitative estimate of drug-likeness (QED) is 0.640. The maximum absolute atomic E-state index is 12.4. The highest BCUT2D eigenvalue weighted by Gasteiger charge is 2.12. The number of amides is 1. The van der Waals surface area contributed by atoms with Gasteiger partial charge in [0.05, 0.1) is 6.10 Å².